The van der Waals surface area contributed by atoms with Gasteiger partial charge in [-0.15, -0.1) is 0 Å². The maximum atomic E-state index is 11.0. The molecule has 0 aliphatic heterocycles. The smallest absolute Gasteiger partial charge is 0.427 e. The van der Waals surface area contributed by atoms with Crippen LogP contribution in [0.4, 0.5) is 4.79 Å². The highest BCUT2D eigenvalue weighted by Crippen LogP contribution is 2.22. The molecule has 6 nitrogen and oxygen atoms in total. The number of amides is 1. The molecule has 0 spiro atoms. The molecule has 1 N–H and O–H groups in total. The van der Waals surface area contributed by atoms with Crippen molar-refractivity contribution in [3.63, 3.8) is 0 Å². The lowest BCUT2D eigenvalue weighted by Crippen LogP contribution is -2.16. The van der Waals surface area contributed by atoms with Crippen LogP contribution in [0.5, 0.6) is 11.5 Å². The Morgan fingerprint density at radius 1 is 1.15 bits per heavy atom. The molecule has 0 saturated heterocycles. The van der Waals surface area contributed by atoms with Crippen molar-refractivity contribution in [1.29, 1.82) is 0 Å². The fraction of sp³-hybridized carbons (Fsp3) is 0.263. The van der Waals surface area contributed by atoms with Crippen LogP contribution in [0, 0.1) is 6.92 Å². The molecule has 0 fully saturated rings. The van der Waals surface area contributed by atoms with Crippen LogP contribution in [-0.2, 0) is 4.74 Å². The molecule has 0 aliphatic carbocycles. The van der Waals surface area contributed by atoms with Gasteiger partial charge in [0.1, 0.15) is 11.5 Å². The molecule has 2 rings (SSSR count). The molecule has 0 radical (unpaired) electrons. The SMILES string of the molecule is COC(=O)N/N=C\c1cc(Cl)ccc1OCCCOc1ccccc1C. The topological polar surface area (TPSA) is 69.2 Å². The summed E-state index contributed by atoms with van der Waals surface area (Å²) in [6.45, 7) is 3.03. The van der Waals surface area contributed by atoms with E-state index in [1.54, 1.807) is 18.2 Å². The van der Waals surface area contributed by atoms with Crippen LogP contribution in [-0.4, -0.2) is 32.6 Å². The lowest BCUT2D eigenvalue weighted by molar-refractivity contribution is 0.171. The molecular weight excluding hydrogens is 356 g/mol. The minimum atomic E-state index is -0.654. The zero-order chi connectivity index (χ0) is 18.8. The highest BCUT2D eigenvalue weighted by Gasteiger charge is 2.04. The van der Waals surface area contributed by atoms with Gasteiger partial charge in [-0.3, -0.25) is 0 Å². The first-order valence-corrected chi connectivity index (χ1v) is 8.45. The number of hydrazone groups is 1. The Kier molecular flexibility index (Phi) is 7.76. The Bertz CT molecular complexity index is 765. The van der Waals surface area contributed by atoms with Gasteiger partial charge in [-0.05, 0) is 36.8 Å². The van der Waals surface area contributed by atoms with E-state index in [9.17, 15) is 4.79 Å². The van der Waals surface area contributed by atoms with E-state index in [1.807, 2.05) is 31.2 Å². The van der Waals surface area contributed by atoms with Crippen molar-refractivity contribution >= 4 is 23.9 Å². The average molecular weight is 377 g/mol. The van der Waals surface area contributed by atoms with Gasteiger partial charge < -0.3 is 14.2 Å². The Balaban J connectivity index is 1.85. The van der Waals surface area contributed by atoms with Gasteiger partial charge in [0.2, 0.25) is 0 Å². The summed E-state index contributed by atoms with van der Waals surface area (Å²) in [5.74, 6) is 1.49. The molecule has 7 heteroatoms. The van der Waals surface area contributed by atoms with E-state index in [4.69, 9.17) is 21.1 Å². The predicted molar refractivity (Wildman–Crippen MR) is 101 cm³/mol. The van der Waals surface area contributed by atoms with Gasteiger partial charge >= 0.3 is 6.09 Å². The summed E-state index contributed by atoms with van der Waals surface area (Å²) in [5.41, 5.74) is 3.96. The van der Waals surface area contributed by atoms with Crippen molar-refractivity contribution in [2.75, 3.05) is 20.3 Å². The predicted octanol–water partition coefficient (Wildman–Crippen LogP) is 4.19. The highest BCUT2D eigenvalue weighted by atomic mass is 35.5. The number of benzene rings is 2. The molecule has 138 valence electrons. The largest absolute Gasteiger partial charge is 0.493 e. The number of hydrogen-bond acceptors (Lipinski definition) is 5. The first kappa shape index (κ1) is 19.6. The Labute approximate surface area is 157 Å². The molecule has 2 aromatic rings. The van der Waals surface area contributed by atoms with Crippen LogP contribution in [0.2, 0.25) is 5.02 Å². The molecule has 0 unspecified atom stereocenters. The van der Waals surface area contributed by atoms with Crippen LogP contribution >= 0.6 is 11.6 Å². The zero-order valence-electron chi connectivity index (χ0n) is 14.7. The number of hydrogen-bond donors (Lipinski definition) is 1. The third-order valence-electron chi connectivity index (χ3n) is 3.41. The monoisotopic (exact) mass is 376 g/mol. The summed E-state index contributed by atoms with van der Waals surface area (Å²) in [6.07, 6.45) is 1.51. The van der Waals surface area contributed by atoms with Crippen molar-refractivity contribution in [2.45, 2.75) is 13.3 Å². The van der Waals surface area contributed by atoms with Gasteiger partial charge in [0.05, 0.1) is 26.5 Å². The van der Waals surface area contributed by atoms with E-state index < -0.39 is 6.09 Å². The van der Waals surface area contributed by atoms with Crippen LogP contribution in [0.1, 0.15) is 17.5 Å². The van der Waals surface area contributed by atoms with Crippen LogP contribution < -0.4 is 14.9 Å². The van der Waals surface area contributed by atoms with Crippen molar-refractivity contribution < 1.29 is 19.0 Å². The maximum Gasteiger partial charge on any atom is 0.427 e. The van der Waals surface area contributed by atoms with Crippen molar-refractivity contribution in [3.05, 3.63) is 58.6 Å². The lowest BCUT2D eigenvalue weighted by Gasteiger charge is -2.11. The number of aryl methyl sites for hydroxylation is 1. The van der Waals surface area contributed by atoms with E-state index >= 15 is 0 Å². The Morgan fingerprint density at radius 2 is 1.88 bits per heavy atom. The fourth-order valence-corrected chi connectivity index (χ4v) is 2.27. The molecular formula is C19H21ClN2O4. The van der Waals surface area contributed by atoms with E-state index in [0.29, 0.717) is 36.0 Å². The minimum Gasteiger partial charge on any atom is -0.493 e. The average Bonchev–Trinajstić information content (AvgIpc) is 2.64. The minimum absolute atomic E-state index is 0.471. The Hall–Kier alpha value is -2.73. The van der Waals surface area contributed by atoms with Gasteiger partial charge in [-0.25, -0.2) is 10.2 Å². The van der Waals surface area contributed by atoms with Gasteiger partial charge in [0.15, 0.2) is 0 Å². The van der Waals surface area contributed by atoms with E-state index in [2.05, 4.69) is 15.3 Å². The normalized spacial score (nSPS) is 10.6. The lowest BCUT2D eigenvalue weighted by atomic mass is 10.2. The summed E-state index contributed by atoms with van der Waals surface area (Å²) in [4.78, 5) is 11.0. The quantitative estimate of drug-likeness (QED) is 0.426. The summed E-state index contributed by atoms with van der Waals surface area (Å²) in [6, 6.07) is 13.1. The van der Waals surface area contributed by atoms with Gasteiger partial charge in [-0.2, -0.15) is 5.10 Å². The molecule has 0 heterocycles. The number of ether oxygens (including phenoxy) is 3. The highest BCUT2D eigenvalue weighted by molar-refractivity contribution is 6.30. The number of para-hydroxylation sites is 1. The van der Waals surface area contributed by atoms with Gasteiger partial charge in [0.25, 0.3) is 0 Å². The first-order chi connectivity index (χ1) is 12.6. The third-order valence-corrected chi connectivity index (χ3v) is 3.65. The van der Waals surface area contributed by atoms with E-state index in [0.717, 1.165) is 11.3 Å². The molecule has 26 heavy (non-hydrogen) atoms. The molecule has 0 aromatic heterocycles. The number of carbonyl (C=O) groups is 1. The number of halogens is 1. The van der Waals surface area contributed by atoms with Crippen molar-refractivity contribution in [3.8, 4) is 11.5 Å². The first-order valence-electron chi connectivity index (χ1n) is 8.08. The van der Waals surface area contributed by atoms with Crippen LogP contribution in [0.25, 0.3) is 0 Å². The summed E-state index contributed by atoms with van der Waals surface area (Å²) in [5, 5.41) is 4.34. The number of nitrogens with zero attached hydrogens (tertiary/aromatic N) is 1. The second kappa shape index (κ2) is 10.3. The van der Waals surface area contributed by atoms with Gasteiger partial charge in [-0.1, -0.05) is 29.8 Å². The summed E-state index contributed by atoms with van der Waals surface area (Å²) >= 11 is 6.00. The molecule has 0 atom stereocenters. The second-order valence-corrected chi connectivity index (χ2v) is 5.80. The molecule has 0 aliphatic rings. The number of methoxy groups -OCH3 is 1. The van der Waals surface area contributed by atoms with Crippen LogP contribution in [0.15, 0.2) is 47.6 Å². The number of rotatable bonds is 8. The van der Waals surface area contributed by atoms with E-state index in [1.165, 1.54) is 13.3 Å². The molecule has 1 amide bonds. The molecule has 0 saturated carbocycles. The molecule has 2 aromatic carbocycles. The maximum absolute atomic E-state index is 11.0. The standard InChI is InChI=1S/C19H21ClN2O4/c1-14-6-3-4-7-17(14)25-10-5-11-26-18-9-8-16(20)12-15(18)13-21-22-19(23)24-2/h3-4,6-9,12-13H,5,10-11H2,1-2H3,(H,22,23)/b21-13-. The number of carbonyl (C=O) groups excluding carboxylic acids is 1. The van der Waals surface area contributed by atoms with Crippen molar-refractivity contribution in [2.24, 2.45) is 5.10 Å². The number of nitrogens with one attached hydrogen (secondary N) is 1. The summed E-state index contributed by atoms with van der Waals surface area (Å²) in [7, 11) is 1.26. The fourth-order valence-electron chi connectivity index (χ4n) is 2.09. The van der Waals surface area contributed by atoms with Gasteiger partial charge in [0, 0.05) is 17.0 Å². The Morgan fingerprint density at radius 3 is 2.62 bits per heavy atom. The molecule has 0 bridgehead atoms. The van der Waals surface area contributed by atoms with Crippen molar-refractivity contribution in [1.82, 2.24) is 5.43 Å². The zero-order valence-corrected chi connectivity index (χ0v) is 15.5. The van der Waals surface area contributed by atoms with E-state index in [-0.39, 0.29) is 0 Å². The third kappa shape index (κ3) is 6.29. The second-order valence-electron chi connectivity index (χ2n) is 5.36. The van der Waals surface area contributed by atoms with Crippen LogP contribution in [0.3, 0.4) is 0 Å². The summed E-state index contributed by atoms with van der Waals surface area (Å²) < 4.78 is 16.0.